The molecule has 3 atom stereocenters. The second-order valence-electron chi connectivity index (χ2n) is 22.9. The number of amides is 1. The van der Waals surface area contributed by atoms with Crippen molar-refractivity contribution in [3.05, 3.63) is 36.5 Å². The molecule has 0 aromatic rings. The van der Waals surface area contributed by atoms with Crippen molar-refractivity contribution in [3.8, 4) is 0 Å². The highest BCUT2D eigenvalue weighted by molar-refractivity contribution is 7.45. The number of quaternary nitrogens is 1. The molecule has 0 rings (SSSR count). The highest BCUT2D eigenvalue weighted by atomic mass is 31.2. The van der Waals surface area contributed by atoms with Gasteiger partial charge in [0.05, 0.1) is 33.8 Å². The summed E-state index contributed by atoms with van der Waals surface area (Å²) in [6.45, 7) is 6.85. The van der Waals surface area contributed by atoms with Gasteiger partial charge in [-0.3, -0.25) is 14.2 Å². The first kappa shape index (κ1) is 72.2. The Morgan fingerprint density at radius 3 is 1.24 bits per heavy atom. The standard InChI is InChI=1S/C64H123N2O7P/c1-7-10-13-16-19-22-25-28-30-31-32-33-34-35-36-38-41-44-47-50-53-56-63(67)65-61(60-72-74(69,70)71-59-58-66(4,5)6)62(55-52-49-46-43-40-37-27-24-21-18-15-12-9-3)73-64(68)57-54-51-48-45-42-39-29-26-23-20-17-14-11-8-2/h19,22,28,30,52,55,61-62H,7-18,20-21,23-27,29,31-51,53-54,56-60H2,1-6H3,(H-,65,67,69,70)/b22-19-,30-28-,55-52-. The molecule has 0 aromatic carbocycles. The molecule has 0 aromatic heterocycles. The summed E-state index contributed by atoms with van der Waals surface area (Å²) in [6, 6.07) is -0.885. The molecule has 0 aliphatic rings. The van der Waals surface area contributed by atoms with Crippen molar-refractivity contribution < 1.29 is 37.3 Å². The Kier molecular flexibility index (Phi) is 53.3. The Labute approximate surface area is 459 Å². The fourth-order valence-corrected chi connectivity index (χ4v) is 10.1. The number of phosphoric ester groups is 1. The number of hydrogen-bond donors (Lipinski definition) is 1. The summed E-state index contributed by atoms with van der Waals surface area (Å²) in [5, 5.41) is 3.04. The predicted molar refractivity (Wildman–Crippen MR) is 316 cm³/mol. The number of ether oxygens (including phenoxy) is 1. The van der Waals surface area contributed by atoms with Gasteiger partial charge in [0, 0.05) is 12.8 Å². The molecule has 436 valence electrons. The molecule has 0 fully saturated rings. The summed E-state index contributed by atoms with van der Waals surface area (Å²) < 4.78 is 30.3. The number of nitrogens with one attached hydrogen (secondary N) is 1. The van der Waals surface area contributed by atoms with Crippen molar-refractivity contribution in [1.29, 1.82) is 0 Å². The minimum Gasteiger partial charge on any atom is -0.756 e. The number of nitrogens with zero attached hydrogens (tertiary/aromatic N) is 1. The van der Waals surface area contributed by atoms with Crippen LogP contribution in [0.3, 0.4) is 0 Å². The van der Waals surface area contributed by atoms with Crippen LogP contribution in [-0.4, -0.2) is 69.4 Å². The Morgan fingerprint density at radius 1 is 0.473 bits per heavy atom. The molecule has 3 unspecified atom stereocenters. The molecule has 1 N–H and O–H groups in total. The predicted octanol–water partition coefficient (Wildman–Crippen LogP) is 18.9. The minimum atomic E-state index is -4.69. The summed E-state index contributed by atoms with van der Waals surface area (Å²) >= 11 is 0. The first-order valence-corrected chi connectivity index (χ1v) is 33.3. The Hall–Kier alpha value is -1.77. The smallest absolute Gasteiger partial charge is 0.306 e. The largest absolute Gasteiger partial charge is 0.756 e. The third kappa shape index (κ3) is 55.0. The van der Waals surface area contributed by atoms with E-state index in [1.54, 1.807) is 0 Å². The molecule has 0 aliphatic heterocycles. The molecule has 9 nitrogen and oxygen atoms in total. The topological polar surface area (TPSA) is 114 Å². The van der Waals surface area contributed by atoms with Crippen LogP contribution in [0, 0.1) is 0 Å². The number of carbonyl (C=O) groups excluding carboxylic acids is 2. The second-order valence-corrected chi connectivity index (χ2v) is 24.3. The molecule has 0 bridgehead atoms. The molecule has 1 amide bonds. The zero-order valence-electron chi connectivity index (χ0n) is 49.8. The normalized spacial score (nSPS) is 13.9. The van der Waals surface area contributed by atoms with Gasteiger partial charge in [-0.2, -0.15) is 0 Å². The molecular formula is C64H123N2O7P. The number of likely N-dealkylation sites (N-methyl/N-ethyl adjacent to an activating group) is 1. The fraction of sp³-hybridized carbons (Fsp3) is 0.875. The van der Waals surface area contributed by atoms with Gasteiger partial charge in [-0.15, -0.1) is 0 Å². The number of phosphoric acid groups is 1. The van der Waals surface area contributed by atoms with Crippen molar-refractivity contribution >= 4 is 19.7 Å². The van der Waals surface area contributed by atoms with E-state index in [2.05, 4.69) is 50.4 Å². The number of hydrogen-bond acceptors (Lipinski definition) is 7. The number of unbranched alkanes of at least 4 members (excludes halogenated alkanes) is 38. The van der Waals surface area contributed by atoms with Crippen LogP contribution in [-0.2, 0) is 27.9 Å². The zero-order chi connectivity index (χ0) is 54.3. The molecule has 0 radical (unpaired) electrons. The van der Waals surface area contributed by atoms with Gasteiger partial charge in [0.25, 0.3) is 7.82 Å². The van der Waals surface area contributed by atoms with Gasteiger partial charge in [0.15, 0.2) is 0 Å². The van der Waals surface area contributed by atoms with E-state index < -0.39 is 20.0 Å². The summed E-state index contributed by atoms with van der Waals surface area (Å²) in [6.07, 6.45) is 65.3. The second kappa shape index (κ2) is 54.6. The van der Waals surface area contributed by atoms with Crippen LogP contribution < -0.4 is 10.2 Å². The SMILES string of the molecule is CCCCC/C=C\C/C=C\CCCCCCCCCCCCCC(=O)NC(COP(=O)([O-])OCC[N+](C)(C)C)C(/C=C\CCCCCCCCCCCCC)OC(=O)CCCCCCCCCCCCCCCC. The maximum atomic E-state index is 13.5. The molecule has 0 heterocycles. The van der Waals surface area contributed by atoms with Gasteiger partial charge >= 0.3 is 5.97 Å². The monoisotopic (exact) mass is 1060 g/mol. The zero-order valence-corrected chi connectivity index (χ0v) is 50.7. The maximum absolute atomic E-state index is 13.5. The van der Waals surface area contributed by atoms with Gasteiger partial charge in [-0.05, 0) is 63.9 Å². The molecule has 0 aliphatic carbocycles. The van der Waals surface area contributed by atoms with E-state index in [0.29, 0.717) is 17.4 Å². The maximum Gasteiger partial charge on any atom is 0.306 e. The Balaban J connectivity index is 5.20. The van der Waals surface area contributed by atoms with Gasteiger partial charge in [0.2, 0.25) is 5.91 Å². The average Bonchev–Trinajstić information content (AvgIpc) is 3.36. The lowest BCUT2D eigenvalue weighted by Gasteiger charge is -2.30. The summed E-state index contributed by atoms with van der Waals surface area (Å²) in [5.41, 5.74) is 0. The van der Waals surface area contributed by atoms with Crippen molar-refractivity contribution in [2.24, 2.45) is 0 Å². The number of carbonyl (C=O) groups is 2. The number of esters is 1. The lowest BCUT2D eigenvalue weighted by Crippen LogP contribution is -2.47. The van der Waals surface area contributed by atoms with E-state index in [-0.39, 0.29) is 31.5 Å². The third-order valence-corrected chi connectivity index (χ3v) is 15.3. The Morgan fingerprint density at radius 2 is 0.824 bits per heavy atom. The van der Waals surface area contributed by atoms with Gasteiger partial charge in [-0.25, -0.2) is 0 Å². The van der Waals surface area contributed by atoms with Crippen LogP contribution in [0.15, 0.2) is 36.5 Å². The molecular weight excluding hydrogens is 940 g/mol. The van der Waals surface area contributed by atoms with Crippen molar-refractivity contribution in [1.82, 2.24) is 5.32 Å². The fourth-order valence-electron chi connectivity index (χ4n) is 9.38. The summed E-state index contributed by atoms with van der Waals surface area (Å²) in [5.74, 6) is -0.529. The van der Waals surface area contributed by atoms with Gasteiger partial charge in [-0.1, -0.05) is 269 Å². The lowest BCUT2D eigenvalue weighted by atomic mass is 10.0. The third-order valence-electron chi connectivity index (χ3n) is 14.3. The van der Waals surface area contributed by atoms with E-state index in [9.17, 15) is 19.0 Å². The summed E-state index contributed by atoms with van der Waals surface area (Å²) in [4.78, 5) is 40.0. The molecule has 74 heavy (non-hydrogen) atoms. The highest BCUT2D eigenvalue weighted by Crippen LogP contribution is 2.38. The van der Waals surface area contributed by atoms with Crippen molar-refractivity contribution in [2.45, 2.75) is 322 Å². The quantitative estimate of drug-likeness (QED) is 0.0212. The van der Waals surface area contributed by atoms with Crippen LogP contribution in [0.2, 0.25) is 0 Å². The Bertz CT molecular complexity index is 1360. The van der Waals surface area contributed by atoms with E-state index in [0.717, 1.165) is 64.2 Å². The minimum absolute atomic E-state index is 0.0201. The van der Waals surface area contributed by atoms with Crippen molar-refractivity contribution in [2.75, 3.05) is 40.9 Å². The van der Waals surface area contributed by atoms with Crippen molar-refractivity contribution in [3.63, 3.8) is 0 Å². The molecule has 0 saturated carbocycles. The first-order valence-electron chi connectivity index (χ1n) is 31.8. The van der Waals surface area contributed by atoms with Gasteiger partial charge < -0.3 is 28.5 Å². The molecule has 0 saturated heterocycles. The van der Waals surface area contributed by atoms with E-state index in [1.165, 1.54) is 212 Å². The van der Waals surface area contributed by atoms with Gasteiger partial charge in [0.1, 0.15) is 19.3 Å². The molecule has 0 spiro atoms. The number of rotatable bonds is 58. The highest BCUT2D eigenvalue weighted by Gasteiger charge is 2.27. The lowest BCUT2D eigenvalue weighted by molar-refractivity contribution is -0.870. The number of allylic oxidation sites excluding steroid dienone is 5. The van der Waals surface area contributed by atoms with Crippen LogP contribution in [0.5, 0.6) is 0 Å². The van der Waals surface area contributed by atoms with Crippen LogP contribution in [0.1, 0.15) is 310 Å². The van der Waals surface area contributed by atoms with E-state index >= 15 is 0 Å². The van der Waals surface area contributed by atoms with Crippen LogP contribution >= 0.6 is 7.82 Å². The van der Waals surface area contributed by atoms with E-state index in [4.69, 9.17) is 13.8 Å². The average molecular weight is 1060 g/mol. The first-order chi connectivity index (χ1) is 35.9. The molecule has 10 heteroatoms. The summed E-state index contributed by atoms with van der Waals surface area (Å²) in [7, 11) is 1.20. The van der Waals surface area contributed by atoms with E-state index in [1.807, 2.05) is 33.3 Å². The van der Waals surface area contributed by atoms with Crippen LogP contribution in [0.25, 0.3) is 0 Å². The van der Waals surface area contributed by atoms with Crippen LogP contribution in [0.4, 0.5) is 0 Å².